The lowest BCUT2D eigenvalue weighted by atomic mass is 10.2. The quantitative estimate of drug-likeness (QED) is 0.850. The third-order valence-corrected chi connectivity index (χ3v) is 4.26. The predicted octanol–water partition coefficient (Wildman–Crippen LogP) is 0.615. The van der Waals surface area contributed by atoms with Crippen molar-refractivity contribution >= 4 is 32.7 Å². The molecule has 0 spiro atoms. The van der Waals surface area contributed by atoms with Crippen molar-refractivity contribution in [3.05, 3.63) is 24.0 Å². The molecule has 2 aromatic rings. The summed E-state index contributed by atoms with van der Waals surface area (Å²) in [4.78, 5) is 15.7. The highest BCUT2D eigenvalue weighted by Gasteiger charge is 2.24. The Kier molecular flexibility index (Phi) is 4.09. The maximum absolute atomic E-state index is 11.3. The van der Waals surface area contributed by atoms with Gasteiger partial charge in [0.25, 0.3) is 0 Å². The first-order chi connectivity index (χ1) is 10.8. The fourth-order valence-corrected chi connectivity index (χ4v) is 3.19. The van der Waals surface area contributed by atoms with Gasteiger partial charge in [-0.2, -0.15) is 0 Å². The van der Waals surface area contributed by atoms with E-state index in [1.807, 2.05) is 10.6 Å². The number of anilines is 1. The zero-order valence-corrected chi connectivity index (χ0v) is 13.7. The zero-order valence-electron chi connectivity index (χ0n) is 12.9. The molecular weight excluding hydrogens is 320 g/mol. The van der Waals surface area contributed by atoms with Crippen molar-refractivity contribution in [2.24, 2.45) is 0 Å². The van der Waals surface area contributed by atoms with Crippen molar-refractivity contribution in [2.45, 2.75) is 19.6 Å². The third kappa shape index (κ3) is 3.52. The highest BCUT2D eigenvalue weighted by atomic mass is 32.2. The lowest BCUT2D eigenvalue weighted by molar-refractivity contribution is -0.114. The topological polar surface area (TPSA) is 102 Å². The van der Waals surface area contributed by atoms with E-state index < -0.39 is 10.0 Å². The number of amides is 1. The summed E-state index contributed by atoms with van der Waals surface area (Å²) in [6, 6.07) is 5.30. The van der Waals surface area contributed by atoms with Crippen molar-refractivity contribution in [1.29, 1.82) is 0 Å². The first kappa shape index (κ1) is 15.9. The molecule has 1 aromatic heterocycles. The van der Waals surface area contributed by atoms with Crippen LogP contribution in [0.3, 0.4) is 0 Å². The van der Waals surface area contributed by atoms with Crippen LogP contribution in [-0.4, -0.2) is 43.3 Å². The Bertz CT molecular complexity index is 859. The smallest absolute Gasteiger partial charge is 0.221 e. The average Bonchev–Trinajstić information content (AvgIpc) is 2.81. The molecule has 2 N–H and O–H groups in total. The largest absolute Gasteiger partial charge is 0.371 e. The number of fused-ring (bicyclic) bond motifs is 3. The van der Waals surface area contributed by atoms with E-state index in [-0.39, 0.29) is 18.5 Å². The molecule has 0 aliphatic carbocycles. The first-order valence-corrected chi connectivity index (χ1v) is 9.03. The summed E-state index contributed by atoms with van der Waals surface area (Å²) in [5, 5.41) is 2.72. The van der Waals surface area contributed by atoms with Gasteiger partial charge in [0.15, 0.2) is 0 Å². The molecule has 1 unspecified atom stereocenters. The van der Waals surface area contributed by atoms with E-state index in [1.165, 1.54) is 6.92 Å². The summed E-state index contributed by atoms with van der Waals surface area (Å²) in [5.41, 5.74) is 2.30. The Morgan fingerprint density at radius 2 is 2.26 bits per heavy atom. The summed E-state index contributed by atoms with van der Waals surface area (Å²) in [6.45, 7) is 2.47. The van der Waals surface area contributed by atoms with Gasteiger partial charge in [-0.25, -0.2) is 18.1 Å². The molecular formula is C14H18N4O4S. The van der Waals surface area contributed by atoms with Gasteiger partial charge in [-0.1, -0.05) is 0 Å². The molecule has 1 aliphatic rings. The Balaban J connectivity index is 1.96. The molecule has 8 nitrogen and oxygen atoms in total. The Morgan fingerprint density at radius 1 is 1.48 bits per heavy atom. The third-order valence-electron chi connectivity index (χ3n) is 3.57. The fourth-order valence-electron chi connectivity index (χ4n) is 2.70. The number of carbonyl (C=O) groups excluding carboxylic acids is 1. The van der Waals surface area contributed by atoms with Crippen LogP contribution in [0.4, 0.5) is 5.69 Å². The molecule has 1 aromatic carbocycles. The minimum Gasteiger partial charge on any atom is -0.371 e. The maximum atomic E-state index is 11.3. The van der Waals surface area contributed by atoms with Gasteiger partial charge in [0.1, 0.15) is 12.4 Å². The number of imidazole rings is 1. The van der Waals surface area contributed by atoms with Crippen molar-refractivity contribution in [1.82, 2.24) is 14.3 Å². The molecule has 1 atom stereocenters. The second-order valence-electron chi connectivity index (χ2n) is 5.57. The highest BCUT2D eigenvalue weighted by molar-refractivity contribution is 7.88. The standard InChI is InChI=1S/C14H18N4O4S/c1-9(19)16-10-3-4-13-12(5-10)17-14-8-22-7-11(18(13)14)6-15-23(2,20)21/h3-5,11,15H,6-8H2,1-2H3,(H,16,19). The number of carbonyl (C=O) groups is 1. The SMILES string of the molecule is CC(=O)Nc1ccc2c(c1)nc1n2C(CNS(C)(=O)=O)COC1. The number of hydrogen-bond acceptors (Lipinski definition) is 5. The van der Waals surface area contributed by atoms with Crippen LogP contribution >= 0.6 is 0 Å². The van der Waals surface area contributed by atoms with Crippen LogP contribution in [0.15, 0.2) is 18.2 Å². The summed E-state index contributed by atoms with van der Waals surface area (Å²) in [7, 11) is -3.27. The maximum Gasteiger partial charge on any atom is 0.221 e. The number of hydrogen-bond donors (Lipinski definition) is 2. The zero-order chi connectivity index (χ0) is 16.6. The lowest BCUT2D eigenvalue weighted by Crippen LogP contribution is -2.35. The molecule has 0 bridgehead atoms. The molecule has 0 fully saturated rings. The monoisotopic (exact) mass is 338 g/mol. The summed E-state index contributed by atoms with van der Waals surface area (Å²) >= 11 is 0. The predicted molar refractivity (Wildman–Crippen MR) is 85.6 cm³/mol. The van der Waals surface area contributed by atoms with Gasteiger partial charge < -0.3 is 14.6 Å². The van der Waals surface area contributed by atoms with E-state index in [2.05, 4.69) is 15.0 Å². The van der Waals surface area contributed by atoms with Crippen LogP contribution in [0.5, 0.6) is 0 Å². The van der Waals surface area contributed by atoms with E-state index in [0.717, 1.165) is 23.1 Å². The molecule has 0 radical (unpaired) electrons. The Morgan fingerprint density at radius 3 is 2.96 bits per heavy atom. The number of aromatic nitrogens is 2. The van der Waals surface area contributed by atoms with Crippen molar-refractivity contribution < 1.29 is 17.9 Å². The van der Waals surface area contributed by atoms with Crippen LogP contribution in [0.1, 0.15) is 18.8 Å². The molecule has 124 valence electrons. The number of rotatable bonds is 4. The number of ether oxygens (including phenoxy) is 1. The molecule has 1 amide bonds. The van der Waals surface area contributed by atoms with E-state index >= 15 is 0 Å². The van der Waals surface area contributed by atoms with Crippen LogP contribution in [0.2, 0.25) is 0 Å². The van der Waals surface area contributed by atoms with Gasteiger partial charge in [0, 0.05) is 19.2 Å². The molecule has 0 saturated carbocycles. The molecule has 9 heteroatoms. The molecule has 0 saturated heterocycles. The minimum atomic E-state index is -3.27. The number of nitrogens with one attached hydrogen (secondary N) is 2. The van der Waals surface area contributed by atoms with E-state index in [4.69, 9.17) is 4.74 Å². The molecule has 1 aliphatic heterocycles. The molecule has 3 rings (SSSR count). The van der Waals surface area contributed by atoms with Gasteiger partial charge in [0.2, 0.25) is 15.9 Å². The van der Waals surface area contributed by atoms with Gasteiger partial charge in [-0.3, -0.25) is 4.79 Å². The summed E-state index contributed by atoms with van der Waals surface area (Å²) in [6.07, 6.45) is 1.13. The van der Waals surface area contributed by atoms with E-state index in [0.29, 0.717) is 18.9 Å². The van der Waals surface area contributed by atoms with E-state index in [1.54, 1.807) is 12.1 Å². The van der Waals surface area contributed by atoms with Crippen LogP contribution in [-0.2, 0) is 26.2 Å². The van der Waals surface area contributed by atoms with Crippen LogP contribution in [0.25, 0.3) is 11.0 Å². The molecule has 23 heavy (non-hydrogen) atoms. The van der Waals surface area contributed by atoms with Crippen LogP contribution < -0.4 is 10.0 Å². The summed E-state index contributed by atoms with van der Waals surface area (Å²) in [5.74, 6) is 0.596. The first-order valence-electron chi connectivity index (χ1n) is 7.14. The van der Waals surface area contributed by atoms with E-state index in [9.17, 15) is 13.2 Å². The van der Waals surface area contributed by atoms with Gasteiger partial charge in [0.05, 0.1) is 29.9 Å². The molecule has 2 heterocycles. The number of nitrogens with zero attached hydrogens (tertiary/aromatic N) is 2. The fraction of sp³-hybridized carbons (Fsp3) is 0.429. The van der Waals surface area contributed by atoms with Crippen molar-refractivity contribution in [3.8, 4) is 0 Å². The lowest BCUT2D eigenvalue weighted by Gasteiger charge is -2.26. The van der Waals surface area contributed by atoms with Crippen molar-refractivity contribution in [3.63, 3.8) is 0 Å². The number of sulfonamides is 1. The number of benzene rings is 1. The normalized spacial score (nSPS) is 17.9. The van der Waals surface area contributed by atoms with Gasteiger partial charge in [-0.15, -0.1) is 0 Å². The van der Waals surface area contributed by atoms with Crippen molar-refractivity contribution in [2.75, 3.05) is 24.7 Å². The minimum absolute atomic E-state index is 0.146. The second-order valence-corrected chi connectivity index (χ2v) is 7.41. The van der Waals surface area contributed by atoms with Gasteiger partial charge >= 0.3 is 0 Å². The Labute approximate surface area is 133 Å². The summed E-state index contributed by atoms with van der Waals surface area (Å²) < 4.78 is 32.7. The Hall–Kier alpha value is -1.97. The second kappa shape index (κ2) is 5.91. The van der Waals surface area contributed by atoms with Crippen LogP contribution in [0, 0.1) is 0 Å². The van der Waals surface area contributed by atoms with Gasteiger partial charge in [-0.05, 0) is 18.2 Å². The average molecular weight is 338 g/mol. The highest BCUT2D eigenvalue weighted by Crippen LogP contribution is 2.27.